The molecule has 0 aromatic carbocycles. The van der Waals surface area contributed by atoms with Crippen molar-refractivity contribution < 1.29 is 0 Å². The highest BCUT2D eigenvalue weighted by molar-refractivity contribution is 5.72. The van der Waals surface area contributed by atoms with Crippen LogP contribution in [0, 0.1) is 11.3 Å². The zero-order chi connectivity index (χ0) is 16.7. The van der Waals surface area contributed by atoms with Crippen molar-refractivity contribution in [2.45, 2.75) is 52.0 Å². The molecule has 0 amide bonds. The van der Waals surface area contributed by atoms with Gasteiger partial charge in [0.1, 0.15) is 23.3 Å². The van der Waals surface area contributed by atoms with Crippen LogP contribution in [-0.4, -0.2) is 40.3 Å². The van der Waals surface area contributed by atoms with E-state index in [-0.39, 0.29) is 0 Å². The fourth-order valence-electron chi connectivity index (χ4n) is 3.95. The van der Waals surface area contributed by atoms with Crippen molar-refractivity contribution >= 4 is 17.3 Å². The van der Waals surface area contributed by atoms with E-state index < -0.39 is 0 Å². The van der Waals surface area contributed by atoms with Crippen LogP contribution >= 0.6 is 0 Å². The van der Waals surface area contributed by atoms with Gasteiger partial charge in [0.2, 0.25) is 0 Å². The zero-order valence-electron chi connectivity index (χ0n) is 14.5. The van der Waals surface area contributed by atoms with Gasteiger partial charge in [0.25, 0.3) is 0 Å². The third-order valence-electron chi connectivity index (χ3n) is 5.47. The number of anilines is 2. The highest BCUT2D eigenvalue weighted by Gasteiger charge is 2.32. The highest BCUT2D eigenvalue weighted by atomic mass is 15.4. The molecule has 0 radical (unpaired) electrons. The Bertz CT molecular complexity index is 796. The van der Waals surface area contributed by atoms with Gasteiger partial charge in [-0.1, -0.05) is 6.92 Å². The number of aromatic nitrogens is 3. The molecule has 126 valence electrons. The Hall–Kier alpha value is -2.29. The summed E-state index contributed by atoms with van der Waals surface area (Å²) in [7, 11) is 0. The molecule has 2 aromatic heterocycles. The average molecular weight is 324 g/mol. The van der Waals surface area contributed by atoms with E-state index in [0.29, 0.717) is 17.3 Å². The molecule has 24 heavy (non-hydrogen) atoms. The number of fused-ring (bicyclic) bond motifs is 3. The summed E-state index contributed by atoms with van der Waals surface area (Å²) in [6, 6.07) is 2.71. The lowest BCUT2D eigenvalue weighted by atomic mass is 10.1. The molecule has 4 rings (SSSR count). The number of hydrogen-bond donors (Lipinski definition) is 0. The Morgan fingerprint density at radius 1 is 1.25 bits per heavy atom. The van der Waals surface area contributed by atoms with E-state index in [9.17, 15) is 5.26 Å². The van der Waals surface area contributed by atoms with Crippen LogP contribution < -0.4 is 9.80 Å². The highest BCUT2D eigenvalue weighted by Crippen LogP contribution is 2.37. The third kappa shape index (κ3) is 2.22. The van der Waals surface area contributed by atoms with Gasteiger partial charge in [-0.2, -0.15) is 14.9 Å². The van der Waals surface area contributed by atoms with Crippen LogP contribution in [0.2, 0.25) is 0 Å². The fraction of sp³-hybridized carbons (Fsp3) is 0.611. The summed E-state index contributed by atoms with van der Waals surface area (Å²) in [4.78, 5) is 9.75. The van der Waals surface area contributed by atoms with Crippen LogP contribution in [0.1, 0.15) is 50.7 Å². The molecule has 2 aromatic rings. The lowest BCUT2D eigenvalue weighted by Crippen LogP contribution is -2.33. The molecular formula is C18H24N6. The monoisotopic (exact) mass is 324 g/mol. The second kappa shape index (κ2) is 5.97. The molecule has 0 spiro atoms. The summed E-state index contributed by atoms with van der Waals surface area (Å²) >= 11 is 0. The van der Waals surface area contributed by atoms with Gasteiger partial charge in [-0.15, -0.1) is 0 Å². The molecule has 2 aliphatic heterocycles. The Balaban J connectivity index is 1.92. The lowest BCUT2D eigenvalue weighted by Gasteiger charge is -2.30. The Morgan fingerprint density at radius 2 is 2.04 bits per heavy atom. The molecule has 1 atom stereocenters. The molecule has 6 heteroatoms. The van der Waals surface area contributed by atoms with Crippen molar-refractivity contribution in [1.29, 1.82) is 5.26 Å². The van der Waals surface area contributed by atoms with E-state index in [1.165, 1.54) is 24.8 Å². The predicted octanol–water partition coefficient (Wildman–Crippen LogP) is 2.75. The molecule has 0 saturated carbocycles. The second-order valence-corrected chi connectivity index (χ2v) is 6.89. The third-order valence-corrected chi connectivity index (χ3v) is 5.47. The summed E-state index contributed by atoms with van der Waals surface area (Å²) in [6.07, 6.45) is 7.50. The van der Waals surface area contributed by atoms with E-state index >= 15 is 0 Å². The molecule has 1 unspecified atom stereocenters. The maximum absolute atomic E-state index is 9.42. The van der Waals surface area contributed by atoms with Gasteiger partial charge in [0, 0.05) is 31.2 Å². The van der Waals surface area contributed by atoms with Crippen molar-refractivity contribution in [3.05, 3.63) is 17.3 Å². The minimum Gasteiger partial charge on any atom is -0.356 e. The van der Waals surface area contributed by atoms with Crippen LogP contribution in [-0.2, 0) is 6.42 Å². The van der Waals surface area contributed by atoms with Gasteiger partial charge in [0.15, 0.2) is 5.65 Å². The van der Waals surface area contributed by atoms with Crippen LogP contribution in [0.25, 0.3) is 5.65 Å². The molecule has 1 saturated heterocycles. The van der Waals surface area contributed by atoms with E-state index in [4.69, 9.17) is 4.98 Å². The van der Waals surface area contributed by atoms with Gasteiger partial charge in [0.05, 0.1) is 6.20 Å². The number of rotatable bonds is 3. The maximum Gasteiger partial charge on any atom is 0.177 e. The molecule has 0 aliphatic carbocycles. The van der Waals surface area contributed by atoms with Crippen molar-refractivity contribution in [3.63, 3.8) is 0 Å². The van der Waals surface area contributed by atoms with Gasteiger partial charge in [-0.25, -0.2) is 4.98 Å². The summed E-state index contributed by atoms with van der Waals surface area (Å²) < 4.78 is 1.89. The lowest BCUT2D eigenvalue weighted by molar-refractivity contribution is 0.572. The summed E-state index contributed by atoms with van der Waals surface area (Å²) in [5.41, 5.74) is 2.57. The maximum atomic E-state index is 9.42. The molecule has 2 aliphatic rings. The van der Waals surface area contributed by atoms with Gasteiger partial charge in [-0.05, 0) is 39.0 Å². The first-order valence-corrected chi connectivity index (χ1v) is 9.07. The smallest absolute Gasteiger partial charge is 0.177 e. The summed E-state index contributed by atoms with van der Waals surface area (Å²) in [5, 5.41) is 13.9. The first-order chi connectivity index (χ1) is 11.7. The minimum atomic E-state index is 0.459. The van der Waals surface area contributed by atoms with Crippen molar-refractivity contribution in [1.82, 2.24) is 14.6 Å². The molecule has 6 nitrogen and oxygen atoms in total. The Labute approximate surface area is 142 Å². The van der Waals surface area contributed by atoms with Crippen LogP contribution in [0.5, 0.6) is 0 Å². The van der Waals surface area contributed by atoms with E-state index in [2.05, 4.69) is 34.8 Å². The fourth-order valence-corrected chi connectivity index (χ4v) is 3.95. The van der Waals surface area contributed by atoms with Crippen molar-refractivity contribution in [2.24, 2.45) is 0 Å². The number of hydrogen-bond acceptors (Lipinski definition) is 5. The molecule has 0 N–H and O–H groups in total. The molecule has 1 fully saturated rings. The van der Waals surface area contributed by atoms with Crippen LogP contribution in [0.4, 0.5) is 11.6 Å². The van der Waals surface area contributed by atoms with E-state index in [1.54, 1.807) is 6.20 Å². The second-order valence-electron chi connectivity index (χ2n) is 6.89. The standard InChI is InChI=1S/C18H24N6/c1-3-13(2)23-10-7-15-17(22-8-5-4-6-9-22)21-16-14(11-19)12-20-24(16)18(15)23/h12-13H,3-10H2,1-2H3. The average Bonchev–Trinajstić information content (AvgIpc) is 3.24. The van der Waals surface area contributed by atoms with Gasteiger partial charge < -0.3 is 9.80 Å². The SMILES string of the molecule is CCC(C)N1CCc2c(N3CCCCC3)nc3c(C#N)cnn3c21. The van der Waals surface area contributed by atoms with Crippen molar-refractivity contribution in [2.75, 3.05) is 29.4 Å². The van der Waals surface area contributed by atoms with Gasteiger partial charge in [-0.3, -0.25) is 0 Å². The minimum absolute atomic E-state index is 0.459. The zero-order valence-corrected chi connectivity index (χ0v) is 14.5. The van der Waals surface area contributed by atoms with Crippen molar-refractivity contribution in [3.8, 4) is 6.07 Å². The summed E-state index contributed by atoms with van der Waals surface area (Å²) in [6.45, 7) is 7.62. The Morgan fingerprint density at radius 3 is 2.75 bits per heavy atom. The largest absolute Gasteiger partial charge is 0.356 e. The van der Waals surface area contributed by atoms with Crippen LogP contribution in [0.3, 0.4) is 0 Å². The topological polar surface area (TPSA) is 60.5 Å². The van der Waals surface area contributed by atoms with Gasteiger partial charge >= 0.3 is 0 Å². The number of nitrogens with zero attached hydrogens (tertiary/aromatic N) is 6. The Kier molecular flexibility index (Phi) is 3.79. The molecule has 0 bridgehead atoms. The van der Waals surface area contributed by atoms with E-state index in [1.807, 2.05) is 4.52 Å². The molecule has 4 heterocycles. The first kappa shape index (κ1) is 15.3. The molecular weight excluding hydrogens is 300 g/mol. The predicted molar refractivity (Wildman–Crippen MR) is 94.6 cm³/mol. The quantitative estimate of drug-likeness (QED) is 0.869. The number of nitriles is 1. The normalized spacial score (nSPS) is 18.7. The first-order valence-electron chi connectivity index (χ1n) is 9.07. The van der Waals surface area contributed by atoms with Crippen LogP contribution in [0.15, 0.2) is 6.20 Å². The number of piperidine rings is 1. The summed E-state index contributed by atoms with van der Waals surface area (Å²) in [5.74, 6) is 2.23. The van der Waals surface area contributed by atoms with E-state index in [0.717, 1.165) is 44.1 Å².